The summed E-state index contributed by atoms with van der Waals surface area (Å²) in [7, 11) is 0. The van der Waals surface area contributed by atoms with Crippen LogP contribution in [0.5, 0.6) is 0 Å². The Morgan fingerprint density at radius 3 is 2.12 bits per heavy atom. The first kappa shape index (κ1) is 37.5. The van der Waals surface area contributed by atoms with Crippen molar-refractivity contribution in [2.24, 2.45) is 5.92 Å². The maximum absolute atomic E-state index is 12.3. The predicted molar refractivity (Wildman–Crippen MR) is 181 cm³/mol. The molecule has 3 aromatic rings. The number of carbonyl (C=O) groups excluding carboxylic acids is 1. The van der Waals surface area contributed by atoms with Gasteiger partial charge in [-0.2, -0.15) is 0 Å². The average Bonchev–Trinajstić information content (AvgIpc) is 2.99. The zero-order valence-electron chi connectivity index (χ0n) is 27.3. The Hall–Kier alpha value is -3.51. The summed E-state index contributed by atoms with van der Waals surface area (Å²) < 4.78 is 0. The second-order valence-corrected chi connectivity index (χ2v) is 11.1. The second kappa shape index (κ2) is 18.2. The van der Waals surface area contributed by atoms with Crippen molar-refractivity contribution in [2.45, 2.75) is 99.3 Å². The molecule has 6 nitrogen and oxygen atoms in total. The zero-order valence-corrected chi connectivity index (χ0v) is 28.0. The van der Waals surface area contributed by atoms with E-state index in [4.69, 9.17) is 22.4 Å². The normalized spacial score (nSPS) is 11.9. The number of aryl methyl sites for hydroxylation is 3. The summed E-state index contributed by atoms with van der Waals surface area (Å²) in [6.45, 7) is 20.5. The third-order valence-electron chi connectivity index (χ3n) is 7.69. The molecule has 43 heavy (non-hydrogen) atoms. The van der Waals surface area contributed by atoms with Gasteiger partial charge >= 0.3 is 5.97 Å². The minimum Gasteiger partial charge on any atom is -0.481 e. The summed E-state index contributed by atoms with van der Waals surface area (Å²) in [6.07, 6.45) is 6.80. The van der Waals surface area contributed by atoms with Gasteiger partial charge in [0.05, 0.1) is 5.41 Å². The van der Waals surface area contributed by atoms with Crippen LogP contribution >= 0.6 is 11.6 Å². The minimum atomic E-state index is -1.07. The molecule has 0 fully saturated rings. The first-order valence-corrected chi connectivity index (χ1v) is 15.7. The number of anilines is 1. The van der Waals surface area contributed by atoms with E-state index >= 15 is 0 Å². The van der Waals surface area contributed by atoms with E-state index < -0.39 is 11.4 Å². The van der Waals surface area contributed by atoms with Gasteiger partial charge < -0.3 is 15.6 Å². The molecule has 3 N–H and O–H groups in total. The fraction of sp³-hybridized carbons (Fsp3) is 0.444. The third-order valence-corrected chi connectivity index (χ3v) is 7.92. The summed E-state index contributed by atoms with van der Waals surface area (Å²) >= 11 is 6.06. The average molecular weight is 608 g/mol. The van der Waals surface area contributed by atoms with Crippen LogP contribution in [-0.4, -0.2) is 27.3 Å². The molecule has 1 aromatic heterocycles. The van der Waals surface area contributed by atoms with Crippen LogP contribution in [-0.2, 0) is 21.4 Å². The molecule has 0 unspecified atom stereocenters. The van der Waals surface area contributed by atoms with Gasteiger partial charge in [-0.15, -0.1) is 0 Å². The first-order valence-electron chi connectivity index (χ1n) is 15.3. The van der Waals surface area contributed by atoms with E-state index in [9.17, 15) is 9.59 Å². The minimum absolute atomic E-state index is 0.0443. The van der Waals surface area contributed by atoms with E-state index in [1.165, 1.54) is 25.7 Å². The standard InChI is InChI=1S/C26H26ClN3O3.C8H18.C2H6/c1-15-13-20(27)10-11-21(15)16(2)25-29-17(3)23(24(28)30-25)26(4,14-31)19-8-5-18(6-9-19)7-12-22(32)33;1-4-7-8(5-2)6-3;1-2/h5-6,8-11,13-14H,2,7,12H2,1,3-4H3,(H,32,33)(H2,28,29,30);8H,4-7H2,1-3H3;1-2H3/t26-;;/m0../s1. The number of aldehydes is 1. The number of aliphatic carboxylic acids is 1. The summed E-state index contributed by atoms with van der Waals surface area (Å²) in [5, 5.41) is 9.51. The molecule has 0 spiro atoms. The Morgan fingerprint density at radius 1 is 1.07 bits per heavy atom. The van der Waals surface area contributed by atoms with Crippen LogP contribution in [0.1, 0.15) is 113 Å². The van der Waals surface area contributed by atoms with Crippen LogP contribution in [0.4, 0.5) is 5.82 Å². The van der Waals surface area contributed by atoms with Crippen LogP contribution in [0.15, 0.2) is 49.0 Å². The summed E-state index contributed by atoms with van der Waals surface area (Å²) in [5.74, 6) is 0.735. The SMILES string of the molecule is C=C(c1nc(C)c([C@@](C)(C=O)c2ccc(CCC(=O)O)cc2)c(N)n1)c1ccc(Cl)cc1C.CC.CCCC(CC)CC. The number of aromatic nitrogens is 2. The maximum atomic E-state index is 12.3. The van der Waals surface area contributed by atoms with Gasteiger partial charge in [-0.1, -0.05) is 109 Å². The van der Waals surface area contributed by atoms with Gasteiger partial charge in [-0.3, -0.25) is 4.79 Å². The van der Waals surface area contributed by atoms with E-state index in [1.54, 1.807) is 19.9 Å². The molecule has 0 aliphatic carbocycles. The van der Waals surface area contributed by atoms with Crippen LogP contribution in [0.2, 0.25) is 5.02 Å². The van der Waals surface area contributed by atoms with Gasteiger partial charge in [0.1, 0.15) is 12.1 Å². The van der Waals surface area contributed by atoms with Crippen molar-refractivity contribution in [3.05, 3.63) is 93.4 Å². The fourth-order valence-corrected chi connectivity index (χ4v) is 5.33. The molecule has 1 atom stereocenters. The van der Waals surface area contributed by atoms with Gasteiger partial charge in [-0.25, -0.2) is 9.97 Å². The number of hydrogen-bond donors (Lipinski definition) is 2. The van der Waals surface area contributed by atoms with Crippen molar-refractivity contribution in [2.75, 3.05) is 5.73 Å². The lowest BCUT2D eigenvalue weighted by Crippen LogP contribution is -2.29. The Kier molecular flexibility index (Phi) is 15.9. The van der Waals surface area contributed by atoms with Crippen LogP contribution in [0.3, 0.4) is 0 Å². The lowest BCUT2D eigenvalue weighted by Gasteiger charge is -2.27. The fourth-order valence-electron chi connectivity index (χ4n) is 5.10. The first-order chi connectivity index (χ1) is 20.4. The Labute approximate surface area is 263 Å². The largest absolute Gasteiger partial charge is 0.481 e. The van der Waals surface area contributed by atoms with Gasteiger partial charge in [0, 0.05) is 28.3 Å². The van der Waals surface area contributed by atoms with Crippen LogP contribution < -0.4 is 5.73 Å². The monoisotopic (exact) mass is 607 g/mol. The van der Waals surface area contributed by atoms with Crippen molar-refractivity contribution < 1.29 is 14.7 Å². The molecule has 2 aromatic carbocycles. The molecule has 0 saturated carbocycles. The van der Waals surface area contributed by atoms with Crippen molar-refractivity contribution in [1.29, 1.82) is 0 Å². The molecule has 0 amide bonds. The zero-order chi connectivity index (χ0) is 32.7. The number of nitrogens with two attached hydrogens (primary N) is 1. The maximum Gasteiger partial charge on any atom is 0.303 e. The van der Waals surface area contributed by atoms with Gasteiger partial charge in [-0.05, 0) is 67.5 Å². The molecule has 0 radical (unpaired) electrons. The molecule has 234 valence electrons. The highest BCUT2D eigenvalue weighted by atomic mass is 35.5. The third kappa shape index (κ3) is 10.3. The summed E-state index contributed by atoms with van der Waals surface area (Å²) in [4.78, 5) is 32.3. The van der Waals surface area contributed by atoms with Crippen molar-refractivity contribution >= 4 is 35.2 Å². The predicted octanol–water partition coefficient (Wildman–Crippen LogP) is 9.16. The number of carboxylic acid groups (broad SMARTS) is 1. The highest BCUT2D eigenvalue weighted by molar-refractivity contribution is 6.30. The Morgan fingerprint density at radius 2 is 1.67 bits per heavy atom. The second-order valence-electron chi connectivity index (χ2n) is 10.7. The molecule has 0 saturated heterocycles. The van der Waals surface area contributed by atoms with Gasteiger partial charge in [0.15, 0.2) is 5.82 Å². The highest BCUT2D eigenvalue weighted by Gasteiger charge is 2.34. The lowest BCUT2D eigenvalue weighted by molar-refractivity contribution is -0.137. The number of halogens is 1. The van der Waals surface area contributed by atoms with Crippen molar-refractivity contribution in [3.8, 4) is 0 Å². The molecular formula is C36H50ClN3O3. The molecule has 0 aliphatic rings. The number of nitrogen functional groups attached to an aromatic ring is 1. The molecule has 1 heterocycles. The van der Waals surface area contributed by atoms with Gasteiger partial charge in [0.2, 0.25) is 0 Å². The number of nitrogens with zero attached hydrogens (tertiary/aromatic N) is 2. The quantitative estimate of drug-likeness (QED) is 0.199. The Balaban J connectivity index is 0.000000801. The number of carbonyl (C=O) groups is 2. The lowest BCUT2D eigenvalue weighted by atomic mass is 9.76. The van der Waals surface area contributed by atoms with Crippen molar-refractivity contribution in [3.63, 3.8) is 0 Å². The Bertz CT molecular complexity index is 1330. The summed E-state index contributed by atoms with van der Waals surface area (Å²) in [5.41, 5.74) is 10.4. The molecule has 0 bridgehead atoms. The number of carboxylic acids is 1. The smallest absolute Gasteiger partial charge is 0.303 e. The summed E-state index contributed by atoms with van der Waals surface area (Å²) in [6, 6.07) is 12.8. The molecule has 7 heteroatoms. The van der Waals surface area contributed by atoms with E-state index in [2.05, 4.69) is 37.3 Å². The van der Waals surface area contributed by atoms with Crippen molar-refractivity contribution in [1.82, 2.24) is 9.97 Å². The number of hydrogen-bond acceptors (Lipinski definition) is 5. The van der Waals surface area contributed by atoms with Gasteiger partial charge in [0.25, 0.3) is 0 Å². The molecule has 3 rings (SSSR count). The van der Waals surface area contributed by atoms with E-state index in [-0.39, 0.29) is 12.2 Å². The van der Waals surface area contributed by atoms with Crippen LogP contribution in [0.25, 0.3) is 5.57 Å². The van der Waals surface area contributed by atoms with E-state index in [1.807, 2.05) is 57.2 Å². The number of rotatable bonds is 12. The van der Waals surface area contributed by atoms with E-state index in [0.717, 1.165) is 34.5 Å². The topological polar surface area (TPSA) is 106 Å². The van der Waals surface area contributed by atoms with E-state index in [0.29, 0.717) is 34.1 Å². The highest BCUT2D eigenvalue weighted by Crippen LogP contribution is 2.36. The molecular weight excluding hydrogens is 558 g/mol. The van der Waals surface area contributed by atoms with Crippen LogP contribution in [0, 0.1) is 19.8 Å². The molecule has 0 aliphatic heterocycles. The number of benzene rings is 2.